The molecule has 0 unspecified atom stereocenters. The van der Waals surface area contributed by atoms with Crippen molar-refractivity contribution in [2.75, 3.05) is 32.2 Å². The third kappa shape index (κ3) is 5.62. The summed E-state index contributed by atoms with van der Waals surface area (Å²) in [4.78, 5) is 25.6. The number of carbonyl (C=O) groups is 2. The van der Waals surface area contributed by atoms with Crippen LogP contribution in [0.15, 0.2) is 42.5 Å². The minimum Gasteiger partial charge on any atom is -0.496 e. The molecule has 144 valence electrons. The van der Waals surface area contributed by atoms with E-state index >= 15 is 0 Å². The highest BCUT2D eigenvalue weighted by molar-refractivity contribution is 6.32. The fourth-order valence-corrected chi connectivity index (χ4v) is 2.91. The van der Waals surface area contributed by atoms with Gasteiger partial charge in [-0.15, -0.1) is 0 Å². The Hall–Kier alpha value is -2.73. The van der Waals surface area contributed by atoms with Gasteiger partial charge in [0.2, 0.25) is 11.8 Å². The lowest BCUT2D eigenvalue weighted by molar-refractivity contribution is -0.123. The molecule has 2 aromatic rings. The smallest absolute Gasteiger partial charge is 0.240 e. The molecule has 7 heteroatoms. The highest BCUT2D eigenvalue weighted by Gasteiger charge is 2.17. The van der Waals surface area contributed by atoms with Gasteiger partial charge >= 0.3 is 0 Å². The number of ether oxygens (including phenoxy) is 2. The SMILES string of the molecule is COc1ccc(N(CC(=O)NCCc2ccccc2OC)C(C)=O)cc1Cl. The van der Waals surface area contributed by atoms with Crippen molar-refractivity contribution in [2.45, 2.75) is 13.3 Å². The topological polar surface area (TPSA) is 67.9 Å². The van der Waals surface area contributed by atoms with E-state index in [2.05, 4.69) is 5.32 Å². The molecule has 0 aromatic heterocycles. The van der Waals surface area contributed by atoms with Crippen LogP contribution in [0.1, 0.15) is 12.5 Å². The molecule has 0 fully saturated rings. The van der Waals surface area contributed by atoms with Crippen LogP contribution >= 0.6 is 11.6 Å². The first-order valence-corrected chi connectivity index (χ1v) is 8.84. The lowest BCUT2D eigenvalue weighted by atomic mass is 10.1. The largest absolute Gasteiger partial charge is 0.496 e. The summed E-state index contributed by atoms with van der Waals surface area (Å²) in [5.74, 6) is 0.776. The Kier molecular flexibility index (Phi) is 7.49. The number of carbonyl (C=O) groups excluding carboxylic acids is 2. The second kappa shape index (κ2) is 9.83. The maximum Gasteiger partial charge on any atom is 0.240 e. The molecule has 6 nitrogen and oxygen atoms in total. The fraction of sp³-hybridized carbons (Fsp3) is 0.300. The normalized spacial score (nSPS) is 10.2. The average molecular weight is 391 g/mol. The Bertz CT molecular complexity index is 810. The van der Waals surface area contributed by atoms with Gasteiger partial charge in [-0.1, -0.05) is 29.8 Å². The number of amides is 2. The molecule has 0 aliphatic rings. The molecular weight excluding hydrogens is 368 g/mol. The molecule has 27 heavy (non-hydrogen) atoms. The van der Waals surface area contributed by atoms with E-state index in [1.807, 2.05) is 24.3 Å². The molecule has 0 saturated carbocycles. The minimum atomic E-state index is -0.257. The van der Waals surface area contributed by atoms with Crippen LogP contribution in [0.3, 0.4) is 0 Å². The van der Waals surface area contributed by atoms with Crippen LogP contribution in [0.25, 0.3) is 0 Å². The lowest BCUT2D eigenvalue weighted by Gasteiger charge is -2.21. The number of anilines is 1. The number of hydrogen-bond donors (Lipinski definition) is 1. The molecule has 0 spiro atoms. The van der Waals surface area contributed by atoms with Crippen LogP contribution in [0.2, 0.25) is 5.02 Å². The Morgan fingerprint density at radius 1 is 1.07 bits per heavy atom. The van der Waals surface area contributed by atoms with Gasteiger partial charge in [-0.25, -0.2) is 0 Å². The Morgan fingerprint density at radius 2 is 1.78 bits per heavy atom. The first kappa shape index (κ1) is 20.6. The summed E-state index contributed by atoms with van der Waals surface area (Å²) < 4.78 is 10.4. The van der Waals surface area contributed by atoms with Crippen molar-refractivity contribution in [3.63, 3.8) is 0 Å². The third-order valence-electron chi connectivity index (χ3n) is 4.04. The molecule has 2 rings (SSSR count). The van der Waals surface area contributed by atoms with Gasteiger partial charge in [0.25, 0.3) is 0 Å². The highest BCUT2D eigenvalue weighted by atomic mass is 35.5. The van der Waals surface area contributed by atoms with E-state index in [0.717, 1.165) is 11.3 Å². The van der Waals surface area contributed by atoms with Gasteiger partial charge in [-0.2, -0.15) is 0 Å². The maximum atomic E-state index is 12.3. The lowest BCUT2D eigenvalue weighted by Crippen LogP contribution is -2.40. The summed E-state index contributed by atoms with van der Waals surface area (Å²) >= 11 is 6.12. The average Bonchev–Trinajstić information content (AvgIpc) is 2.66. The Morgan fingerprint density at radius 3 is 2.41 bits per heavy atom. The standard InChI is InChI=1S/C20H23ClN2O4/c1-14(24)23(16-8-9-19(27-3)17(21)12-16)13-20(25)22-11-10-15-6-4-5-7-18(15)26-2/h4-9,12H,10-11,13H2,1-3H3,(H,22,25). The molecule has 0 saturated heterocycles. The summed E-state index contributed by atoms with van der Waals surface area (Å²) in [5, 5.41) is 3.20. The second-order valence-corrected chi connectivity index (χ2v) is 6.24. The number of halogens is 1. The van der Waals surface area contributed by atoms with Crippen LogP contribution in [0.5, 0.6) is 11.5 Å². The fourth-order valence-electron chi connectivity index (χ4n) is 2.65. The van der Waals surface area contributed by atoms with Crippen molar-refractivity contribution >= 4 is 29.1 Å². The van der Waals surface area contributed by atoms with Crippen LogP contribution in [-0.2, 0) is 16.0 Å². The molecule has 0 aliphatic heterocycles. The molecule has 0 radical (unpaired) electrons. The monoisotopic (exact) mass is 390 g/mol. The number of hydrogen-bond acceptors (Lipinski definition) is 4. The predicted octanol–water partition coefficient (Wildman–Crippen LogP) is 3.07. The van der Waals surface area contributed by atoms with Crippen LogP contribution in [-0.4, -0.2) is 39.1 Å². The van der Waals surface area contributed by atoms with Crippen LogP contribution in [0.4, 0.5) is 5.69 Å². The quantitative estimate of drug-likeness (QED) is 0.752. The Labute approximate surface area is 164 Å². The number of nitrogens with zero attached hydrogens (tertiary/aromatic N) is 1. The van der Waals surface area contributed by atoms with Crippen molar-refractivity contribution in [3.05, 3.63) is 53.1 Å². The van der Waals surface area contributed by atoms with Crippen molar-refractivity contribution < 1.29 is 19.1 Å². The molecule has 0 aliphatic carbocycles. The van der Waals surface area contributed by atoms with Gasteiger partial charge in [0.1, 0.15) is 18.0 Å². The zero-order valence-corrected chi connectivity index (χ0v) is 16.4. The zero-order chi connectivity index (χ0) is 19.8. The number of nitrogens with one attached hydrogen (secondary N) is 1. The van der Waals surface area contributed by atoms with Gasteiger partial charge in [0.05, 0.1) is 19.2 Å². The van der Waals surface area contributed by atoms with E-state index in [1.54, 1.807) is 25.3 Å². The summed E-state index contributed by atoms with van der Waals surface area (Å²) in [6.07, 6.45) is 0.629. The van der Waals surface area contributed by atoms with E-state index in [9.17, 15) is 9.59 Å². The predicted molar refractivity (Wildman–Crippen MR) is 106 cm³/mol. The minimum absolute atomic E-state index is 0.0933. The van der Waals surface area contributed by atoms with Gasteiger partial charge in [0.15, 0.2) is 0 Å². The number of methoxy groups -OCH3 is 2. The van der Waals surface area contributed by atoms with Crippen molar-refractivity contribution in [2.24, 2.45) is 0 Å². The number of para-hydroxylation sites is 1. The van der Waals surface area contributed by atoms with E-state index < -0.39 is 0 Å². The van der Waals surface area contributed by atoms with E-state index in [4.69, 9.17) is 21.1 Å². The van der Waals surface area contributed by atoms with E-state index in [1.165, 1.54) is 18.9 Å². The van der Waals surface area contributed by atoms with E-state index in [-0.39, 0.29) is 18.4 Å². The number of rotatable bonds is 8. The van der Waals surface area contributed by atoms with Crippen molar-refractivity contribution in [1.82, 2.24) is 5.32 Å². The van der Waals surface area contributed by atoms with Crippen LogP contribution < -0.4 is 19.7 Å². The maximum absolute atomic E-state index is 12.3. The molecule has 2 amide bonds. The first-order chi connectivity index (χ1) is 13.0. The molecule has 1 N–H and O–H groups in total. The Balaban J connectivity index is 1.97. The molecule has 0 heterocycles. The number of benzene rings is 2. The summed E-state index contributed by atoms with van der Waals surface area (Å²) in [5.41, 5.74) is 1.54. The summed E-state index contributed by atoms with van der Waals surface area (Å²) in [6.45, 7) is 1.75. The van der Waals surface area contributed by atoms with Crippen molar-refractivity contribution in [1.29, 1.82) is 0 Å². The zero-order valence-electron chi connectivity index (χ0n) is 15.6. The van der Waals surface area contributed by atoms with Crippen molar-refractivity contribution in [3.8, 4) is 11.5 Å². The molecular formula is C20H23ClN2O4. The molecule has 2 aromatic carbocycles. The van der Waals surface area contributed by atoms with E-state index in [0.29, 0.717) is 29.4 Å². The van der Waals surface area contributed by atoms with Gasteiger partial charge in [-0.05, 0) is 36.2 Å². The second-order valence-electron chi connectivity index (χ2n) is 5.84. The van der Waals surface area contributed by atoms with Gasteiger partial charge in [0, 0.05) is 19.2 Å². The molecule has 0 bridgehead atoms. The van der Waals surface area contributed by atoms with Crippen LogP contribution in [0, 0.1) is 0 Å². The molecule has 0 atom stereocenters. The first-order valence-electron chi connectivity index (χ1n) is 8.46. The highest BCUT2D eigenvalue weighted by Crippen LogP contribution is 2.29. The van der Waals surface area contributed by atoms with Gasteiger partial charge < -0.3 is 19.7 Å². The summed E-state index contributed by atoms with van der Waals surface area (Å²) in [7, 11) is 3.13. The van der Waals surface area contributed by atoms with Gasteiger partial charge in [-0.3, -0.25) is 9.59 Å². The summed E-state index contributed by atoms with van der Waals surface area (Å²) in [6, 6.07) is 12.6. The third-order valence-corrected chi connectivity index (χ3v) is 4.33.